The fourth-order valence-electron chi connectivity index (χ4n) is 4.36. The second-order valence-corrected chi connectivity index (χ2v) is 7.80. The predicted molar refractivity (Wildman–Crippen MR) is 116 cm³/mol. The lowest BCUT2D eigenvalue weighted by molar-refractivity contribution is -0.112. The Morgan fingerprint density at radius 2 is 1.88 bits per heavy atom. The third-order valence-electron chi connectivity index (χ3n) is 5.81. The Morgan fingerprint density at radius 1 is 1.03 bits per heavy atom. The van der Waals surface area contributed by atoms with Crippen LogP contribution in [0.1, 0.15) is 27.8 Å². The van der Waals surface area contributed by atoms with Gasteiger partial charge >= 0.3 is 0 Å². The van der Waals surface area contributed by atoms with Crippen LogP contribution in [0.15, 0.2) is 65.8 Å². The maximum absolute atomic E-state index is 14.2. The molecular weight excluding hydrogens is 411 g/mol. The van der Waals surface area contributed by atoms with Crippen LogP contribution in [-0.2, 0) is 35.5 Å². The average Bonchev–Trinajstić information content (AvgIpc) is 3.09. The first-order chi connectivity index (χ1) is 15.7. The third kappa shape index (κ3) is 3.61. The fourth-order valence-corrected chi connectivity index (χ4v) is 4.36. The number of carbonyl (C=O) groups is 1. The number of hydrogen-bond donors (Lipinski definition) is 1. The lowest BCUT2D eigenvalue weighted by Gasteiger charge is -2.24. The normalized spacial score (nSPS) is 16.1. The molecule has 0 aromatic heterocycles. The number of anilines is 1. The number of fused-ring (bicyclic) bond motifs is 2. The van der Waals surface area contributed by atoms with E-state index in [9.17, 15) is 14.4 Å². The van der Waals surface area contributed by atoms with Gasteiger partial charge in [0, 0.05) is 16.7 Å². The van der Waals surface area contributed by atoms with Gasteiger partial charge in [-0.05, 0) is 42.2 Å². The van der Waals surface area contributed by atoms with Gasteiger partial charge in [0.2, 0.25) is 0 Å². The van der Waals surface area contributed by atoms with Crippen molar-refractivity contribution in [3.63, 3.8) is 0 Å². The van der Waals surface area contributed by atoms with Gasteiger partial charge in [-0.1, -0.05) is 47.6 Å². The summed E-state index contributed by atoms with van der Waals surface area (Å²) in [5.41, 5.74) is 4.49. The molecule has 2 aliphatic heterocycles. The summed E-state index contributed by atoms with van der Waals surface area (Å²) >= 11 is 0. The largest absolute Gasteiger partial charge is 0.467 e. The van der Waals surface area contributed by atoms with Crippen LogP contribution in [0.25, 0.3) is 0 Å². The van der Waals surface area contributed by atoms with E-state index in [1.54, 1.807) is 0 Å². The molecule has 1 amide bonds. The molecule has 1 N–H and O–H groups in total. The van der Waals surface area contributed by atoms with Gasteiger partial charge in [0.25, 0.3) is 5.91 Å². The zero-order valence-corrected chi connectivity index (χ0v) is 17.3. The van der Waals surface area contributed by atoms with E-state index in [-0.39, 0.29) is 25.7 Å². The number of hydrogen-bond acceptors (Lipinski definition) is 5. The van der Waals surface area contributed by atoms with Crippen LogP contribution in [0.2, 0.25) is 0 Å². The van der Waals surface area contributed by atoms with Gasteiger partial charge in [-0.25, -0.2) is 4.39 Å². The van der Waals surface area contributed by atoms with Gasteiger partial charge in [0.1, 0.15) is 11.6 Å². The molecule has 0 saturated carbocycles. The van der Waals surface area contributed by atoms with Crippen molar-refractivity contribution in [2.24, 2.45) is 5.16 Å². The SMILES string of the molecule is O=C1/C(=N\O)c2c(CCc3ccccc3)cccc2N1Cc1cc(F)cc2c1OCOC2. The first kappa shape index (κ1) is 20.2. The molecule has 7 heteroatoms. The maximum atomic E-state index is 14.2. The van der Waals surface area contributed by atoms with Crippen molar-refractivity contribution in [2.45, 2.75) is 26.0 Å². The highest BCUT2D eigenvalue weighted by Crippen LogP contribution is 2.37. The van der Waals surface area contributed by atoms with Crippen LogP contribution in [0.4, 0.5) is 10.1 Å². The van der Waals surface area contributed by atoms with Crippen LogP contribution in [0.5, 0.6) is 5.75 Å². The van der Waals surface area contributed by atoms with Crippen molar-refractivity contribution in [1.82, 2.24) is 0 Å². The number of carbonyl (C=O) groups excluding carboxylic acids is 1. The Labute approximate surface area is 184 Å². The molecule has 0 radical (unpaired) electrons. The van der Waals surface area contributed by atoms with Crippen molar-refractivity contribution in [3.8, 4) is 5.75 Å². The molecular formula is C25H21FN2O4. The molecule has 162 valence electrons. The summed E-state index contributed by atoms with van der Waals surface area (Å²) in [6.45, 7) is 0.411. The highest BCUT2D eigenvalue weighted by Gasteiger charge is 2.37. The molecule has 2 aliphatic rings. The van der Waals surface area contributed by atoms with Crippen LogP contribution >= 0.6 is 0 Å². The minimum atomic E-state index is -0.431. The molecule has 0 saturated heterocycles. The number of amides is 1. The van der Waals surface area contributed by atoms with E-state index >= 15 is 0 Å². The van der Waals surface area contributed by atoms with Crippen molar-refractivity contribution >= 4 is 17.3 Å². The van der Waals surface area contributed by atoms with Gasteiger partial charge in [-0.15, -0.1) is 0 Å². The van der Waals surface area contributed by atoms with Gasteiger partial charge in [0.15, 0.2) is 12.5 Å². The molecule has 2 heterocycles. The van der Waals surface area contributed by atoms with Gasteiger partial charge in [0.05, 0.1) is 18.8 Å². The smallest absolute Gasteiger partial charge is 0.281 e. The lowest BCUT2D eigenvalue weighted by Crippen LogP contribution is -2.30. The molecule has 0 atom stereocenters. The fraction of sp³-hybridized carbons (Fsp3) is 0.200. The number of ether oxygens (including phenoxy) is 2. The summed E-state index contributed by atoms with van der Waals surface area (Å²) in [7, 11) is 0. The van der Waals surface area contributed by atoms with E-state index in [0.29, 0.717) is 34.5 Å². The summed E-state index contributed by atoms with van der Waals surface area (Å²) in [5.74, 6) is -0.325. The molecule has 0 aliphatic carbocycles. The quantitative estimate of drug-likeness (QED) is 0.485. The number of rotatable bonds is 5. The van der Waals surface area contributed by atoms with Gasteiger partial charge in [-0.2, -0.15) is 0 Å². The Bertz CT molecular complexity index is 1210. The van der Waals surface area contributed by atoms with Crippen LogP contribution in [0, 0.1) is 5.82 Å². The Balaban J connectivity index is 1.50. The zero-order chi connectivity index (χ0) is 22.1. The van der Waals surface area contributed by atoms with E-state index in [4.69, 9.17) is 9.47 Å². The number of halogens is 1. The third-order valence-corrected chi connectivity index (χ3v) is 5.81. The van der Waals surface area contributed by atoms with E-state index < -0.39 is 11.7 Å². The summed E-state index contributed by atoms with van der Waals surface area (Å²) < 4.78 is 25.1. The number of benzene rings is 3. The molecule has 3 aromatic carbocycles. The lowest BCUT2D eigenvalue weighted by atomic mass is 9.97. The Hall–Kier alpha value is -3.71. The topological polar surface area (TPSA) is 71.4 Å². The first-order valence-electron chi connectivity index (χ1n) is 10.4. The van der Waals surface area contributed by atoms with E-state index in [1.165, 1.54) is 22.6 Å². The van der Waals surface area contributed by atoms with Crippen molar-refractivity contribution in [1.29, 1.82) is 0 Å². The maximum Gasteiger partial charge on any atom is 0.281 e. The standard InChI is InChI=1S/C25H21FN2O4/c26-20-11-18(24-19(12-20)14-31-15-32-24)13-28-21-8-4-7-17(22(21)23(27-30)25(28)29)10-9-16-5-2-1-3-6-16/h1-8,11-12,30H,9-10,13-15H2/b27-23-. The minimum absolute atomic E-state index is 0.00168. The van der Waals surface area contributed by atoms with E-state index in [1.807, 2.05) is 36.4 Å². The van der Waals surface area contributed by atoms with Crippen LogP contribution in [0.3, 0.4) is 0 Å². The Kier molecular flexibility index (Phi) is 5.33. The predicted octanol–water partition coefficient (Wildman–Crippen LogP) is 4.20. The molecule has 0 spiro atoms. The second-order valence-electron chi connectivity index (χ2n) is 7.80. The molecule has 0 fully saturated rings. The number of oxime groups is 1. The van der Waals surface area contributed by atoms with Crippen molar-refractivity contribution < 1.29 is 23.9 Å². The molecule has 3 aromatic rings. The van der Waals surface area contributed by atoms with Gasteiger partial charge in [-0.3, -0.25) is 4.79 Å². The molecule has 5 rings (SSSR count). The van der Waals surface area contributed by atoms with E-state index in [0.717, 1.165) is 12.0 Å². The van der Waals surface area contributed by atoms with E-state index in [2.05, 4.69) is 17.3 Å². The van der Waals surface area contributed by atoms with Crippen molar-refractivity contribution in [3.05, 3.63) is 94.3 Å². The molecule has 0 bridgehead atoms. The second kappa shape index (κ2) is 8.43. The molecule has 0 unspecified atom stereocenters. The minimum Gasteiger partial charge on any atom is -0.467 e. The first-order valence-corrected chi connectivity index (χ1v) is 10.4. The Morgan fingerprint density at radius 3 is 2.69 bits per heavy atom. The summed E-state index contributed by atoms with van der Waals surface area (Å²) in [5, 5.41) is 13.0. The van der Waals surface area contributed by atoms with Crippen molar-refractivity contribution in [2.75, 3.05) is 11.7 Å². The number of nitrogens with zero attached hydrogens (tertiary/aromatic N) is 2. The number of aryl methyl sites for hydroxylation is 2. The molecule has 32 heavy (non-hydrogen) atoms. The zero-order valence-electron chi connectivity index (χ0n) is 17.3. The monoisotopic (exact) mass is 432 g/mol. The van der Waals surface area contributed by atoms with Gasteiger partial charge < -0.3 is 19.6 Å². The molecule has 6 nitrogen and oxygen atoms in total. The van der Waals surface area contributed by atoms with Crippen LogP contribution in [-0.4, -0.2) is 23.6 Å². The average molecular weight is 432 g/mol. The summed E-state index contributed by atoms with van der Waals surface area (Å²) in [6, 6.07) is 18.4. The summed E-state index contributed by atoms with van der Waals surface area (Å²) in [6.07, 6.45) is 1.47. The summed E-state index contributed by atoms with van der Waals surface area (Å²) in [4.78, 5) is 14.7. The van der Waals surface area contributed by atoms with Crippen LogP contribution < -0.4 is 9.64 Å². The highest BCUT2D eigenvalue weighted by molar-refractivity contribution is 6.54. The highest BCUT2D eigenvalue weighted by atomic mass is 19.1.